The summed E-state index contributed by atoms with van der Waals surface area (Å²) in [6.07, 6.45) is 2.17. The fourth-order valence-electron chi connectivity index (χ4n) is 5.26. The van der Waals surface area contributed by atoms with Gasteiger partial charge in [0.05, 0.1) is 28.8 Å². The highest BCUT2D eigenvalue weighted by Crippen LogP contribution is 2.43. The van der Waals surface area contributed by atoms with E-state index in [-0.39, 0.29) is 17.7 Å². The van der Waals surface area contributed by atoms with E-state index in [9.17, 15) is 9.59 Å². The second-order valence-electron chi connectivity index (χ2n) is 10.9. The molecule has 6 nitrogen and oxygen atoms in total. The number of halogens is 1. The Morgan fingerprint density at radius 3 is 2.31 bits per heavy atom. The summed E-state index contributed by atoms with van der Waals surface area (Å²) in [6.45, 7) is 8.29. The first-order chi connectivity index (χ1) is 20.1. The SMILES string of the molecule is COc1cc(OC(=O)c2ccccc2Cl)ccc1-c1ccc2c(c1COC(=O)c1ccc(C)cc1)C(C)=CC(C)(C)N2. The number of hydrogen-bond donors (Lipinski definition) is 1. The van der Waals surface area contributed by atoms with Crippen LogP contribution >= 0.6 is 11.6 Å². The molecule has 1 aliphatic heterocycles. The Hall–Kier alpha value is -4.55. The minimum Gasteiger partial charge on any atom is -0.496 e. The van der Waals surface area contributed by atoms with E-state index < -0.39 is 11.9 Å². The highest BCUT2D eigenvalue weighted by molar-refractivity contribution is 6.33. The molecular weight excluding hydrogens is 550 g/mol. The molecule has 7 heteroatoms. The lowest BCUT2D eigenvalue weighted by Crippen LogP contribution is -2.32. The number of fused-ring (bicyclic) bond motifs is 1. The lowest BCUT2D eigenvalue weighted by atomic mass is 9.85. The molecule has 0 aromatic heterocycles. The van der Waals surface area contributed by atoms with Crippen molar-refractivity contribution in [1.29, 1.82) is 0 Å². The molecule has 1 heterocycles. The van der Waals surface area contributed by atoms with E-state index in [0.29, 0.717) is 22.1 Å². The molecule has 0 fully saturated rings. The zero-order chi connectivity index (χ0) is 30.0. The van der Waals surface area contributed by atoms with Gasteiger partial charge in [0.25, 0.3) is 0 Å². The van der Waals surface area contributed by atoms with Gasteiger partial charge in [0.1, 0.15) is 18.1 Å². The Bertz CT molecular complexity index is 1710. The van der Waals surface area contributed by atoms with Gasteiger partial charge in [-0.25, -0.2) is 9.59 Å². The van der Waals surface area contributed by atoms with Crippen molar-refractivity contribution in [3.63, 3.8) is 0 Å². The van der Waals surface area contributed by atoms with Crippen molar-refractivity contribution in [2.75, 3.05) is 12.4 Å². The van der Waals surface area contributed by atoms with Gasteiger partial charge in [-0.1, -0.05) is 53.6 Å². The molecule has 5 rings (SSSR count). The summed E-state index contributed by atoms with van der Waals surface area (Å²) < 4.78 is 17.3. The summed E-state index contributed by atoms with van der Waals surface area (Å²) in [5.41, 5.74) is 7.01. The van der Waals surface area contributed by atoms with Gasteiger partial charge in [-0.3, -0.25) is 0 Å². The van der Waals surface area contributed by atoms with E-state index in [1.165, 1.54) is 0 Å². The maximum atomic E-state index is 13.0. The number of rotatable bonds is 7. The maximum absolute atomic E-state index is 13.0. The van der Waals surface area contributed by atoms with E-state index in [2.05, 4.69) is 32.2 Å². The van der Waals surface area contributed by atoms with Crippen LogP contribution in [-0.4, -0.2) is 24.6 Å². The van der Waals surface area contributed by atoms with Crippen LogP contribution in [-0.2, 0) is 11.3 Å². The van der Waals surface area contributed by atoms with Crippen molar-refractivity contribution in [3.05, 3.63) is 118 Å². The van der Waals surface area contributed by atoms with Crippen LogP contribution in [0.1, 0.15) is 58.2 Å². The highest BCUT2D eigenvalue weighted by Gasteiger charge is 2.27. The number of esters is 2. The van der Waals surface area contributed by atoms with Gasteiger partial charge in [0.2, 0.25) is 0 Å². The van der Waals surface area contributed by atoms with E-state index in [1.54, 1.807) is 55.6 Å². The maximum Gasteiger partial charge on any atom is 0.345 e. The minimum absolute atomic E-state index is 0.0465. The van der Waals surface area contributed by atoms with Gasteiger partial charge < -0.3 is 19.5 Å². The molecule has 214 valence electrons. The van der Waals surface area contributed by atoms with Crippen molar-refractivity contribution in [2.24, 2.45) is 0 Å². The summed E-state index contributed by atoms with van der Waals surface area (Å²) in [6, 6.07) is 23.2. The number of methoxy groups -OCH3 is 1. The van der Waals surface area contributed by atoms with Crippen LogP contribution in [0.5, 0.6) is 11.5 Å². The highest BCUT2D eigenvalue weighted by atomic mass is 35.5. The molecule has 1 aliphatic rings. The van der Waals surface area contributed by atoms with Gasteiger partial charge in [0, 0.05) is 28.4 Å². The van der Waals surface area contributed by atoms with Crippen molar-refractivity contribution >= 4 is 34.8 Å². The average Bonchev–Trinajstić information content (AvgIpc) is 2.95. The Morgan fingerprint density at radius 1 is 0.881 bits per heavy atom. The molecule has 0 amide bonds. The number of anilines is 1. The van der Waals surface area contributed by atoms with Crippen molar-refractivity contribution in [1.82, 2.24) is 0 Å². The summed E-state index contributed by atoms with van der Waals surface area (Å²) in [7, 11) is 1.56. The lowest BCUT2D eigenvalue weighted by Gasteiger charge is -2.33. The van der Waals surface area contributed by atoms with Gasteiger partial charge in [0.15, 0.2) is 0 Å². The molecule has 0 saturated heterocycles. The molecule has 0 atom stereocenters. The Labute approximate surface area is 250 Å². The predicted octanol–water partition coefficient (Wildman–Crippen LogP) is 8.51. The molecule has 4 aromatic rings. The lowest BCUT2D eigenvalue weighted by molar-refractivity contribution is 0.0473. The third-order valence-electron chi connectivity index (χ3n) is 7.14. The summed E-state index contributed by atoms with van der Waals surface area (Å²) in [5, 5.41) is 3.88. The molecule has 4 aromatic carbocycles. The van der Waals surface area contributed by atoms with Crippen LogP contribution in [0.25, 0.3) is 16.7 Å². The van der Waals surface area contributed by atoms with E-state index >= 15 is 0 Å². The third-order valence-corrected chi connectivity index (χ3v) is 7.47. The largest absolute Gasteiger partial charge is 0.496 e. The van der Waals surface area contributed by atoms with Gasteiger partial charge in [-0.05, 0) is 81.3 Å². The summed E-state index contributed by atoms with van der Waals surface area (Å²) >= 11 is 6.18. The molecule has 0 radical (unpaired) electrons. The number of allylic oxidation sites excluding steroid dienone is 1. The Morgan fingerprint density at radius 2 is 1.60 bits per heavy atom. The van der Waals surface area contributed by atoms with Crippen molar-refractivity contribution < 1.29 is 23.8 Å². The molecule has 0 unspecified atom stereocenters. The van der Waals surface area contributed by atoms with Crippen LogP contribution in [0.2, 0.25) is 5.02 Å². The topological polar surface area (TPSA) is 73.9 Å². The second kappa shape index (κ2) is 11.7. The number of carbonyl (C=O) groups is 2. The summed E-state index contributed by atoms with van der Waals surface area (Å²) in [4.78, 5) is 25.8. The zero-order valence-electron chi connectivity index (χ0n) is 24.2. The van der Waals surface area contributed by atoms with Crippen LogP contribution in [0.4, 0.5) is 5.69 Å². The fourth-order valence-corrected chi connectivity index (χ4v) is 5.47. The normalized spacial score (nSPS) is 13.3. The Kier molecular flexibility index (Phi) is 8.10. The smallest absolute Gasteiger partial charge is 0.345 e. The molecule has 0 saturated carbocycles. The number of ether oxygens (including phenoxy) is 3. The average molecular weight is 582 g/mol. The van der Waals surface area contributed by atoms with Gasteiger partial charge >= 0.3 is 11.9 Å². The first kappa shape index (κ1) is 29.0. The van der Waals surface area contributed by atoms with Gasteiger partial charge in [-0.15, -0.1) is 0 Å². The van der Waals surface area contributed by atoms with E-state index in [0.717, 1.165) is 39.1 Å². The second-order valence-corrected chi connectivity index (χ2v) is 11.3. The third kappa shape index (κ3) is 6.04. The number of aryl methyl sites for hydroxylation is 1. The molecule has 0 spiro atoms. The molecule has 1 N–H and O–H groups in total. The van der Waals surface area contributed by atoms with E-state index in [1.807, 2.05) is 37.3 Å². The predicted molar refractivity (Wildman–Crippen MR) is 166 cm³/mol. The summed E-state index contributed by atoms with van der Waals surface area (Å²) in [5.74, 6) is -0.165. The monoisotopic (exact) mass is 581 g/mol. The fraction of sp³-hybridized carbons (Fsp3) is 0.200. The van der Waals surface area contributed by atoms with Crippen LogP contribution in [0.15, 0.2) is 84.9 Å². The molecule has 0 aliphatic carbocycles. The van der Waals surface area contributed by atoms with E-state index in [4.69, 9.17) is 25.8 Å². The number of benzene rings is 4. The van der Waals surface area contributed by atoms with Crippen molar-refractivity contribution in [3.8, 4) is 22.6 Å². The van der Waals surface area contributed by atoms with Crippen molar-refractivity contribution in [2.45, 2.75) is 39.8 Å². The number of nitrogens with one attached hydrogen (secondary N) is 1. The first-order valence-electron chi connectivity index (χ1n) is 13.6. The molecule has 0 bridgehead atoms. The first-order valence-corrected chi connectivity index (χ1v) is 14.0. The standard InChI is InChI=1S/C35H32ClNO5/c1-21-10-12-23(13-11-21)33(38)41-20-28-25(16-17-30-32(28)22(2)19-35(3,4)37-30)26-15-14-24(18-31(26)40-5)42-34(39)27-8-6-7-9-29(27)36/h6-19,37H,20H2,1-5H3. The molecular formula is C35H32ClNO5. The number of carbonyl (C=O) groups excluding carboxylic acids is 2. The minimum atomic E-state index is -0.567. The van der Waals surface area contributed by atoms with Gasteiger partial charge in [-0.2, -0.15) is 0 Å². The zero-order valence-corrected chi connectivity index (χ0v) is 25.0. The van der Waals surface area contributed by atoms with Crippen LogP contribution < -0.4 is 14.8 Å². The quantitative estimate of drug-likeness (QED) is 0.174. The van der Waals surface area contributed by atoms with Crippen LogP contribution in [0.3, 0.4) is 0 Å². The molecule has 42 heavy (non-hydrogen) atoms. The van der Waals surface area contributed by atoms with Crippen LogP contribution in [0, 0.1) is 6.92 Å². The number of hydrogen-bond acceptors (Lipinski definition) is 6. The Balaban J connectivity index is 1.53.